The van der Waals surface area contributed by atoms with E-state index in [0.717, 1.165) is 0 Å². The van der Waals surface area contributed by atoms with Crippen LogP contribution in [0, 0.1) is 0 Å². The SMILES string of the molecule is C=CCOc1c(Cl)cc(N=C=O)cc1Cl. The normalized spacial score (nSPS) is 9.20. The maximum absolute atomic E-state index is 10.0. The van der Waals surface area contributed by atoms with E-state index < -0.39 is 0 Å². The highest BCUT2D eigenvalue weighted by atomic mass is 35.5. The van der Waals surface area contributed by atoms with Gasteiger partial charge in [-0.3, -0.25) is 0 Å². The monoisotopic (exact) mass is 243 g/mol. The van der Waals surface area contributed by atoms with Crippen LogP contribution in [0.3, 0.4) is 0 Å². The Balaban J connectivity index is 3.08. The fourth-order valence-electron chi connectivity index (χ4n) is 0.944. The quantitative estimate of drug-likeness (QED) is 0.461. The molecule has 0 spiro atoms. The third-order valence-electron chi connectivity index (χ3n) is 1.50. The average molecular weight is 244 g/mol. The minimum Gasteiger partial charge on any atom is -0.486 e. The number of aliphatic imine (C=N–C) groups is 1. The predicted molar refractivity (Wildman–Crippen MR) is 59.9 cm³/mol. The fourth-order valence-corrected chi connectivity index (χ4v) is 1.53. The molecule has 0 heterocycles. The molecule has 0 unspecified atom stereocenters. The molecule has 0 amide bonds. The average Bonchev–Trinajstić information content (AvgIpc) is 2.17. The summed E-state index contributed by atoms with van der Waals surface area (Å²) in [7, 11) is 0. The van der Waals surface area contributed by atoms with Gasteiger partial charge in [-0.1, -0.05) is 35.9 Å². The second-order valence-electron chi connectivity index (χ2n) is 2.54. The molecule has 0 atom stereocenters. The van der Waals surface area contributed by atoms with Crippen LogP contribution in [0.2, 0.25) is 10.0 Å². The van der Waals surface area contributed by atoms with Gasteiger partial charge in [0.15, 0.2) is 5.75 Å². The molecule has 0 aliphatic rings. The molecule has 0 bridgehead atoms. The lowest BCUT2D eigenvalue weighted by atomic mass is 10.3. The smallest absolute Gasteiger partial charge is 0.240 e. The zero-order chi connectivity index (χ0) is 11.3. The number of halogens is 2. The Labute approximate surface area is 97.0 Å². The van der Waals surface area contributed by atoms with E-state index in [2.05, 4.69) is 11.6 Å². The highest BCUT2D eigenvalue weighted by Gasteiger charge is 2.08. The van der Waals surface area contributed by atoms with Crippen LogP contribution in [-0.2, 0) is 4.79 Å². The summed E-state index contributed by atoms with van der Waals surface area (Å²) in [4.78, 5) is 13.4. The van der Waals surface area contributed by atoms with Crippen LogP contribution < -0.4 is 4.74 Å². The topological polar surface area (TPSA) is 38.7 Å². The maximum Gasteiger partial charge on any atom is 0.240 e. The zero-order valence-corrected chi connectivity index (χ0v) is 9.18. The molecule has 0 radical (unpaired) electrons. The van der Waals surface area contributed by atoms with E-state index >= 15 is 0 Å². The van der Waals surface area contributed by atoms with Crippen molar-refractivity contribution in [3.05, 3.63) is 34.8 Å². The first-order valence-electron chi connectivity index (χ1n) is 3.99. The molecule has 15 heavy (non-hydrogen) atoms. The fraction of sp³-hybridized carbons (Fsp3) is 0.100. The largest absolute Gasteiger partial charge is 0.486 e. The molecule has 0 saturated heterocycles. The number of isocyanates is 1. The van der Waals surface area contributed by atoms with Crippen LogP contribution >= 0.6 is 23.2 Å². The molecule has 0 aliphatic heterocycles. The zero-order valence-electron chi connectivity index (χ0n) is 7.67. The van der Waals surface area contributed by atoms with E-state index in [-0.39, 0.29) is 0 Å². The van der Waals surface area contributed by atoms with Gasteiger partial charge >= 0.3 is 0 Å². The molecule has 5 heteroatoms. The van der Waals surface area contributed by atoms with E-state index in [1.54, 1.807) is 6.08 Å². The highest BCUT2D eigenvalue weighted by Crippen LogP contribution is 2.36. The number of benzene rings is 1. The number of carbonyl (C=O) groups excluding carboxylic acids is 1. The van der Waals surface area contributed by atoms with Crippen molar-refractivity contribution in [3.8, 4) is 5.75 Å². The number of ether oxygens (including phenoxy) is 1. The van der Waals surface area contributed by atoms with Gasteiger partial charge in [0.1, 0.15) is 6.61 Å². The first kappa shape index (κ1) is 11.8. The first-order valence-corrected chi connectivity index (χ1v) is 4.75. The summed E-state index contributed by atoms with van der Waals surface area (Å²) in [6, 6.07) is 2.94. The van der Waals surface area contributed by atoms with Crippen LogP contribution in [0.5, 0.6) is 5.75 Å². The lowest BCUT2D eigenvalue weighted by Gasteiger charge is -2.07. The molecule has 0 saturated carbocycles. The number of rotatable bonds is 4. The molecule has 0 aromatic heterocycles. The van der Waals surface area contributed by atoms with Gasteiger partial charge in [-0.25, -0.2) is 4.79 Å². The van der Waals surface area contributed by atoms with Gasteiger partial charge in [0.05, 0.1) is 15.7 Å². The Bertz CT molecular complexity index is 402. The maximum atomic E-state index is 10.0. The third kappa shape index (κ3) is 3.10. The van der Waals surface area contributed by atoms with Crippen LogP contribution in [-0.4, -0.2) is 12.7 Å². The molecule has 0 fully saturated rings. The molecule has 78 valence electrons. The Morgan fingerprint density at radius 2 is 2.07 bits per heavy atom. The van der Waals surface area contributed by atoms with Crippen LogP contribution in [0.4, 0.5) is 5.69 Å². The van der Waals surface area contributed by atoms with Gasteiger partial charge in [0.2, 0.25) is 6.08 Å². The van der Waals surface area contributed by atoms with Crippen molar-refractivity contribution in [1.29, 1.82) is 0 Å². The molecule has 3 nitrogen and oxygen atoms in total. The van der Waals surface area contributed by atoms with Crippen molar-refractivity contribution in [2.45, 2.75) is 0 Å². The summed E-state index contributed by atoms with van der Waals surface area (Å²) >= 11 is 11.7. The second-order valence-corrected chi connectivity index (χ2v) is 3.36. The van der Waals surface area contributed by atoms with E-state index in [1.165, 1.54) is 18.2 Å². The highest BCUT2D eigenvalue weighted by molar-refractivity contribution is 6.37. The lowest BCUT2D eigenvalue weighted by molar-refractivity contribution is 0.363. The van der Waals surface area contributed by atoms with Gasteiger partial charge in [0, 0.05) is 0 Å². The van der Waals surface area contributed by atoms with E-state index in [9.17, 15) is 4.79 Å². The van der Waals surface area contributed by atoms with Crippen LogP contribution in [0.1, 0.15) is 0 Å². The van der Waals surface area contributed by atoms with Gasteiger partial charge in [-0.2, -0.15) is 4.99 Å². The lowest BCUT2D eigenvalue weighted by Crippen LogP contribution is -1.94. The Kier molecular flexibility index (Phi) is 4.37. The van der Waals surface area contributed by atoms with Crippen molar-refractivity contribution >= 4 is 35.0 Å². The summed E-state index contributed by atoms with van der Waals surface area (Å²) in [5.41, 5.74) is 0.339. The molecule has 1 aromatic rings. The number of nitrogens with zero attached hydrogens (tertiary/aromatic N) is 1. The molecular formula is C10H7Cl2NO2. The summed E-state index contributed by atoms with van der Waals surface area (Å²) in [6.07, 6.45) is 2.98. The van der Waals surface area contributed by atoms with Crippen molar-refractivity contribution in [2.75, 3.05) is 6.61 Å². The van der Waals surface area contributed by atoms with Crippen molar-refractivity contribution in [1.82, 2.24) is 0 Å². The number of hydrogen-bond acceptors (Lipinski definition) is 3. The Hall–Kier alpha value is -1.28. The standard InChI is InChI=1S/C10H7Cl2NO2/c1-2-3-15-10-8(11)4-7(13-6-14)5-9(10)12/h2,4-5H,1,3H2. The first-order chi connectivity index (χ1) is 7.19. The Morgan fingerprint density at radius 3 is 2.53 bits per heavy atom. The summed E-state index contributed by atoms with van der Waals surface area (Å²) in [6.45, 7) is 3.80. The van der Waals surface area contributed by atoms with Crippen molar-refractivity contribution < 1.29 is 9.53 Å². The van der Waals surface area contributed by atoms with Gasteiger partial charge in [-0.15, -0.1) is 0 Å². The van der Waals surface area contributed by atoms with Gasteiger partial charge in [0.25, 0.3) is 0 Å². The molecular weight excluding hydrogens is 237 g/mol. The van der Waals surface area contributed by atoms with E-state index in [4.69, 9.17) is 27.9 Å². The minimum atomic E-state index is 0.290. The molecule has 0 N–H and O–H groups in total. The molecule has 1 rings (SSSR count). The van der Waals surface area contributed by atoms with Gasteiger partial charge < -0.3 is 4.74 Å². The van der Waals surface area contributed by atoms with Crippen molar-refractivity contribution in [2.24, 2.45) is 4.99 Å². The van der Waals surface area contributed by atoms with Crippen LogP contribution in [0.15, 0.2) is 29.8 Å². The molecule has 1 aromatic carbocycles. The summed E-state index contributed by atoms with van der Waals surface area (Å²) in [5, 5.41) is 0.580. The second kappa shape index (κ2) is 5.56. The molecule has 0 aliphatic carbocycles. The minimum absolute atomic E-state index is 0.290. The predicted octanol–water partition coefficient (Wildman–Crippen LogP) is 3.53. The van der Waals surface area contributed by atoms with E-state index in [1.807, 2.05) is 0 Å². The van der Waals surface area contributed by atoms with Crippen LogP contribution in [0.25, 0.3) is 0 Å². The summed E-state index contributed by atoms with van der Waals surface area (Å²) < 4.78 is 5.23. The Morgan fingerprint density at radius 1 is 1.47 bits per heavy atom. The van der Waals surface area contributed by atoms with E-state index in [0.29, 0.717) is 28.1 Å². The summed E-state index contributed by atoms with van der Waals surface area (Å²) in [5.74, 6) is 0.350. The third-order valence-corrected chi connectivity index (χ3v) is 2.06. The van der Waals surface area contributed by atoms with Crippen molar-refractivity contribution in [3.63, 3.8) is 0 Å². The number of hydrogen-bond donors (Lipinski definition) is 0. The van der Waals surface area contributed by atoms with Gasteiger partial charge in [-0.05, 0) is 12.1 Å².